The van der Waals surface area contributed by atoms with Gasteiger partial charge in [-0.3, -0.25) is 9.35 Å². The maximum atomic E-state index is 11.8. The first kappa shape index (κ1) is 15.7. The van der Waals surface area contributed by atoms with Crippen LogP contribution in [0.4, 0.5) is 0 Å². The van der Waals surface area contributed by atoms with Gasteiger partial charge in [-0.15, -0.1) is 0 Å². The molecule has 0 aliphatic rings. The van der Waals surface area contributed by atoms with Crippen LogP contribution in [0.3, 0.4) is 0 Å². The number of carbonyl (C=O) groups is 1. The molecular weight excluding hydrogens is 266 g/mol. The van der Waals surface area contributed by atoms with Crippen molar-refractivity contribution in [3.63, 3.8) is 0 Å². The third-order valence-corrected chi connectivity index (χ3v) is 4.04. The monoisotopic (exact) mass is 285 g/mol. The quantitative estimate of drug-likeness (QED) is 0.810. The van der Waals surface area contributed by atoms with Crippen LogP contribution >= 0.6 is 0 Å². The molecule has 19 heavy (non-hydrogen) atoms. The maximum absolute atomic E-state index is 11.8. The van der Waals surface area contributed by atoms with Gasteiger partial charge in [0.1, 0.15) is 0 Å². The summed E-state index contributed by atoms with van der Waals surface area (Å²) in [5, 5.41) is 2.80. The lowest BCUT2D eigenvalue weighted by molar-refractivity contribution is -0.129. The van der Waals surface area contributed by atoms with Crippen LogP contribution in [0.1, 0.15) is 32.8 Å². The van der Waals surface area contributed by atoms with Gasteiger partial charge in [0, 0.05) is 12.0 Å². The van der Waals surface area contributed by atoms with Crippen LogP contribution in [-0.4, -0.2) is 18.9 Å². The van der Waals surface area contributed by atoms with Gasteiger partial charge in [-0.05, 0) is 24.1 Å². The Kier molecular flexibility index (Phi) is 4.70. The van der Waals surface area contributed by atoms with E-state index >= 15 is 0 Å². The summed E-state index contributed by atoms with van der Waals surface area (Å²) in [7, 11) is -4.17. The standard InChI is InChI=1S/C13H19NO4S/c1-4-13(2,3)12(15)14-9-10-5-7-11(8-6-10)19(16,17)18/h5-8H,4,9H2,1-3H3,(H,14,15)(H,16,17,18). The summed E-state index contributed by atoms with van der Waals surface area (Å²) in [6.07, 6.45) is 0.737. The molecule has 1 rings (SSSR count). The highest BCUT2D eigenvalue weighted by molar-refractivity contribution is 7.85. The molecule has 1 aromatic rings. The van der Waals surface area contributed by atoms with Crippen LogP contribution < -0.4 is 5.32 Å². The maximum Gasteiger partial charge on any atom is 0.294 e. The van der Waals surface area contributed by atoms with Crippen LogP contribution in [0.15, 0.2) is 29.2 Å². The fourth-order valence-electron chi connectivity index (χ4n) is 1.36. The van der Waals surface area contributed by atoms with Crippen LogP contribution in [0.2, 0.25) is 0 Å². The molecule has 0 fully saturated rings. The van der Waals surface area contributed by atoms with E-state index in [4.69, 9.17) is 4.55 Å². The van der Waals surface area contributed by atoms with Crippen molar-refractivity contribution in [1.82, 2.24) is 5.32 Å². The number of amides is 1. The Morgan fingerprint density at radius 1 is 1.26 bits per heavy atom. The van der Waals surface area contributed by atoms with E-state index in [9.17, 15) is 13.2 Å². The summed E-state index contributed by atoms with van der Waals surface area (Å²) >= 11 is 0. The molecule has 2 N–H and O–H groups in total. The Bertz CT molecular complexity index is 547. The first-order valence-electron chi connectivity index (χ1n) is 6.01. The van der Waals surface area contributed by atoms with Gasteiger partial charge in [-0.25, -0.2) is 0 Å². The molecule has 0 radical (unpaired) electrons. The van der Waals surface area contributed by atoms with Gasteiger partial charge in [-0.2, -0.15) is 8.42 Å². The molecule has 0 aliphatic carbocycles. The van der Waals surface area contributed by atoms with Crippen molar-refractivity contribution in [1.29, 1.82) is 0 Å². The second-order valence-electron chi connectivity index (χ2n) is 5.04. The molecule has 6 heteroatoms. The summed E-state index contributed by atoms with van der Waals surface area (Å²) in [6, 6.07) is 5.73. The lowest BCUT2D eigenvalue weighted by Crippen LogP contribution is -2.35. The second kappa shape index (κ2) is 5.71. The molecule has 0 aliphatic heterocycles. The lowest BCUT2D eigenvalue weighted by atomic mass is 9.89. The Morgan fingerprint density at radius 2 is 1.79 bits per heavy atom. The van der Waals surface area contributed by atoms with E-state index in [2.05, 4.69) is 5.32 Å². The molecule has 0 aromatic heterocycles. The van der Waals surface area contributed by atoms with Crippen molar-refractivity contribution in [3.8, 4) is 0 Å². The van der Waals surface area contributed by atoms with E-state index in [0.717, 1.165) is 12.0 Å². The molecule has 0 bridgehead atoms. The minimum atomic E-state index is -4.17. The third kappa shape index (κ3) is 4.33. The minimum absolute atomic E-state index is 0.0474. The van der Waals surface area contributed by atoms with Gasteiger partial charge >= 0.3 is 0 Å². The zero-order valence-corrected chi connectivity index (χ0v) is 12.1. The van der Waals surface area contributed by atoms with E-state index in [-0.39, 0.29) is 10.8 Å². The van der Waals surface area contributed by atoms with Crippen molar-refractivity contribution < 1.29 is 17.8 Å². The van der Waals surface area contributed by atoms with Crippen LogP contribution in [-0.2, 0) is 21.5 Å². The Hall–Kier alpha value is -1.40. The molecule has 0 unspecified atom stereocenters. The predicted molar refractivity (Wildman–Crippen MR) is 72.2 cm³/mol. The third-order valence-electron chi connectivity index (χ3n) is 3.17. The summed E-state index contributed by atoms with van der Waals surface area (Å²) in [4.78, 5) is 11.7. The van der Waals surface area contributed by atoms with E-state index in [1.807, 2.05) is 20.8 Å². The van der Waals surface area contributed by atoms with E-state index < -0.39 is 15.5 Å². The molecule has 1 amide bonds. The van der Waals surface area contributed by atoms with Gasteiger partial charge in [0.05, 0.1) is 4.90 Å². The second-order valence-corrected chi connectivity index (χ2v) is 6.46. The number of rotatable bonds is 5. The van der Waals surface area contributed by atoms with E-state index in [0.29, 0.717) is 6.54 Å². The fourth-order valence-corrected chi connectivity index (χ4v) is 1.84. The average Bonchev–Trinajstić information content (AvgIpc) is 2.35. The van der Waals surface area contributed by atoms with Crippen molar-refractivity contribution in [2.75, 3.05) is 0 Å². The molecule has 0 atom stereocenters. The number of hydrogen-bond acceptors (Lipinski definition) is 3. The number of hydrogen-bond donors (Lipinski definition) is 2. The SMILES string of the molecule is CCC(C)(C)C(=O)NCc1ccc(S(=O)(=O)O)cc1. The molecule has 0 saturated heterocycles. The van der Waals surface area contributed by atoms with Crippen LogP contribution in [0.5, 0.6) is 0 Å². The summed E-state index contributed by atoms with van der Waals surface area (Å²) in [6.45, 7) is 6.00. The predicted octanol–water partition coefficient (Wildman–Crippen LogP) is 1.99. The van der Waals surface area contributed by atoms with Gasteiger partial charge in [0.15, 0.2) is 0 Å². The number of benzene rings is 1. The van der Waals surface area contributed by atoms with E-state index in [1.165, 1.54) is 12.1 Å². The fraction of sp³-hybridized carbons (Fsp3) is 0.462. The van der Waals surface area contributed by atoms with Crippen molar-refractivity contribution in [3.05, 3.63) is 29.8 Å². The Labute approximate surface area is 113 Å². The highest BCUT2D eigenvalue weighted by atomic mass is 32.2. The van der Waals surface area contributed by atoms with Gasteiger partial charge in [-0.1, -0.05) is 32.9 Å². The summed E-state index contributed by atoms with van der Waals surface area (Å²) < 4.78 is 30.6. The number of carbonyl (C=O) groups excluding carboxylic acids is 1. The summed E-state index contributed by atoms with van der Waals surface area (Å²) in [5.41, 5.74) is 0.349. The number of nitrogens with one attached hydrogen (secondary N) is 1. The zero-order valence-electron chi connectivity index (χ0n) is 11.3. The smallest absolute Gasteiger partial charge is 0.294 e. The first-order valence-corrected chi connectivity index (χ1v) is 7.45. The van der Waals surface area contributed by atoms with Gasteiger partial charge in [0.2, 0.25) is 5.91 Å². The molecule has 0 heterocycles. The largest absolute Gasteiger partial charge is 0.352 e. The van der Waals surface area contributed by atoms with Crippen molar-refractivity contribution in [2.45, 2.75) is 38.6 Å². The Balaban J connectivity index is 2.68. The van der Waals surface area contributed by atoms with Gasteiger partial charge in [0.25, 0.3) is 10.1 Å². The highest BCUT2D eigenvalue weighted by Gasteiger charge is 2.24. The Morgan fingerprint density at radius 3 is 2.21 bits per heavy atom. The highest BCUT2D eigenvalue weighted by Crippen LogP contribution is 2.19. The molecule has 5 nitrogen and oxygen atoms in total. The normalized spacial score (nSPS) is 12.2. The lowest BCUT2D eigenvalue weighted by Gasteiger charge is -2.21. The average molecular weight is 285 g/mol. The molecule has 0 saturated carbocycles. The molecular formula is C13H19NO4S. The molecule has 1 aromatic carbocycles. The van der Waals surface area contributed by atoms with Crippen molar-refractivity contribution in [2.24, 2.45) is 5.41 Å². The first-order chi connectivity index (χ1) is 8.66. The van der Waals surface area contributed by atoms with Crippen molar-refractivity contribution >= 4 is 16.0 Å². The summed E-state index contributed by atoms with van der Waals surface area (Å²) in [5.74, 6) is -0.0474. The van der Waals surface area contributed by atoms with Crippen LogP contribution in [0, 0.1) is 5.41 Å². The minimum Gasteiger partial charge on any atom is -0.352 e. The molecule has 0 spiro atoms. The molecule has 106 valence electrons. The van der Waals surface area contributed by atoms with Crippen LogP contribution in [0.25, 0.3) is 0 Å². The zero-order chi connectivity index (χ0) is 14.7. The topological polar surface area (TPSA) is 83.5 Å². The van der Waals surface area contributed by atoms with E-state index in [1.54, 1.807) is 12.1 Å². The van der Waals surface area contributed by atoms with Gasteiger partial charge < -0.3 is 5.32 Å².